The van der Waals surface area contributed by atoms with Crippen molar-refractivity contribution in [3.05, 3.63) is 28.7 Å². The monoisotopic (exact) mass is 338 g/mol. The molecule has 3 heterocycles. The molecule has 1 aliphatic heterocycles. The van der Waals surface area contributed by atoms with Crippen molar-refractivity contribution in [3.63, 3.8) is 0 Å². The number of aromatic nitrogens is 3. The first-order valence-corrected chi connectivity index (χ1v) is 7.28. The fourth-order valence-corrected chi connectivity index (χ4v) is 2.79. The zero-order valence-corrected chi connectivity index (χ0v) is 12.6. The minimum atomic E-state index is 0.0810. The Morgan fingerprint density at radius 3 is 3.15 bits per heavy atom. The molecule has 0 radical (unpaired) electrons. The van der Waals surface area contributed by atoms with E-state index in [1.807, 2.05) is 19.2 Å². The summed E-state index contributed by atoms with van der Waals surface area (Å²) in [5, 5.41) is 7.31. The molecule has 0 aromatic carbocycles. The smallest absolute Gasteiger partial charge is 0.234 e. The van der Waals surface area contributed by atoms with Crippen LogP contribution in [0, 0.1) is 0 Å². The first-order valence-electron chi connectivity index (χ1n) is 6.49. The highest BCUT2D eigenvalue weighted by molar-refractivity contribution is 9.10. The summed E-state index contributed by atoms with van der Waals surface area (Å²) in [5.74, 6) is 1.17. The van der Waals surface area contributed by atoms with E-state index in [0.29, 0.717) is 30.1 Å². The maximum atomic E-state index is 5.51. The normalized spacial score (nSPS) is 22.9. The Morgan fingerprint density at radius 1 is 1.45 bits per heavy atom. The summed E-state index contributed by atoms with van der Waals surface area (Å²) < 4.78 is 11.8. The number of nitrogens with one attached hydrogen (secondary N) is 1. The molecule has 0 bridgehead atoms. The second-order valence-corrected chi connectivity index (χ2v) is 5.51. The molecule has 20 heavy (non-hydrogen) atoms. The first-order chi connectivity index (χ1) is 9.79. The van der Waals surface area contributed by atoms with Crippen LogP contribution in [0.15, 0.2) is 27.3 Å². The minimum Gasteiger partial charge on any atom is -0.381 e. The molecule has 0 spiro atoms. The van der Waals surface area contributed by atoms with Gasteiger partial charge in [-0.2, -0.15) is 4.98 Å². The number of likely N-dealkylation sites (N-methyl/N-ethyl adjacent to an activating group) is 1. The van der Waals surface area contributed by atoms with E-state index in [0.717, 1.165) is 17.5 Å². The Labute approximate surface area is 125 Å². The molecule has 106 valence electrons. The van der Waals surface area contributed by atoms with Crippen molar-refractivity contribution >= 4 is 15.9 Å². The van der Waals surface area contributed by atoms with E-state index in [1.54, 1.807) is 6.20 Å². The van der Waals surface area contributed by atoms with E-state index in [1.165, 1.54) is 0 Å². The van der Waals surface area contributed by atoms with Gasteiger partial charge in [0, 0.05) is 23.3 Å². The van der Waals surface area contributed by atoms with E-state index in [2.05, 4.69) is 36.4 Å². The fraction of sp³-hybridized carbons (Fsp3) is 0.462. The van der Waals surface area contributed by atoms with Crippen LogP contribution in [-0.2, 0) is 4.74 Å². The van der Waals surface area contributed by atoms with Crippen LogP contribution in [0.2, 0.25) is 0 Å². The predicted octanol–water partition coefficient (Wildman–Crippen LogP) is 1.99. The topological polar surface area (TPSA) is 73.1 Å². The molecule has 1 aliphatic rings. The lowest BCUT2D eigenvalue weighted by atomic mass is 9.96. The summed E-state index contributed by atoms with van der Waals surface area (Å²) >= 11 is 3.44. The van der Waals surface area contributed by atoms with Gasteiger partial charge in [-0.15, -0.1) is 0 Å². The van der Waals surface area contributed by atoms with Gasteiger partial charge in [0.15, 0.2) is 0 Å². The summed E-state index contributed by atoms with van der Waals surface area (Å²) in [6.07, 6.45) is 2.64. The molecule has 6 nitrogen and oxygen atoms in total. The van der Waals surface area contributed by atoms with Gasteiger partial charge in [0.2, 0.25) is 11.7 Å². The molecule has 1 saturated heterocycles. The zero-order chi connectivity index (χ0) is 13.9. The highest BCUT2D eigenvalue weighted by atomic mass is 79.9. The summed E-state index contributed by atoms with van der Waals surface area (Å²) in [5.41, 5.74) is 0.681. The van der Waals surface area contributed by atoms with Crippen molar-refractivity contribution in [2.75, 3.05) is 20.3 Å². The van der Waals surface area contributed by atoms with E-state index in [4.69, 9.17) is 9.26 Å². The van der Waals surface area contributed by atoms with Gasteiger partial charge in [-0.1, -0.05) is 5.16 Å². The largest absolute Gasteiger partial charge is 0.381 e. The lowest BCUT2D eigenvalue weighted by Crippen LogP contribution is -2.39. The number of halogens is 1. The number of ether oxygens (including phenoxy) is 1. The maximum absolute atomic E-state index is 5.51. The number of pyridine rings is 1. The molecule has 0 aliphatic carbocycles. The van der Waals surface area contributed by atoms with Crippen molar-refractivity contribution < 1.29 is 9.26 Å². The molecule has 7 heteroatoms. The second kappa shape index (κ2) is 5.99. The summed E-state index contributed by atoms with van der Waals surface area (Å²) in [4.78, 5) is 8.74. The maximum Gasteiger partial charge on any atom is 0.234 e. The average Bonchev–Trinajstić information content (AvgIpc) is 2.97. The molecule has 2 aromatic rings. The molecule has 0 saturated carbocycles. The van der Waals surface area contributed by atoms with Crippen LogP contribution < -0.4 is 5.32 Å². The van der Waals surface area contributed by atoms with Gasteiger partial charge >= 0.3 is 0 Å². The van der Waals surface area contributed by atoms with Crippen LogP contribution in [0.25, 0.3) is 11.5 Å². The van der Waals surface area contributed by atoms with E-state index in [9.17, 15) is 0 Å². The third kappa shape index (κ3) is 2.61. The Hall–Kier alpha value is -1.31. The van der Waals surface area contributed by atoms with Crippen LogP contribution in [0.4, 0.5) is 0 Å². The highest BCUT2D eigenvalue weighted by Crippen LogP contribution is 2.28. The molecular formula is C13H15BrN4O2. The standard InChI is InChI=1S/C13H15BrN4O2/c1-15-10-4-6-19-7-8(10)13-17-12(18-20-13)11-9(14)3-2-5-16-11/h2-3,5,8,10,15H,4,6-7H2,1H3. The lowest BCUT2D eigenvalue weighted by Gasteiger charge is -2.28. The number of nitrogens with zero attached hydrogens (tertiary/aromatic N) is 3. The Morgan fingerprint density at radius 2 is 2.35 bits per heavy atom. The first kappa shape index (κ1) is 13.7. The van der Waals surface area contributed by atoms with Gasteiger partial charge < -0.3 is 14.6 Å². The van der Waals surface area contributed by atoms with Gasteiger partial charge in [0.25, 0.3) is 0 Å². The number of rotatable bonds is 3. The number of hydrogen-bond acceptors (Lipinski definition) is 6. The van der Waals surface area contributed by atoms with Crippen LogP contribution in [0.1, 0.15) is 18.2 Å². The molecule has 3 rings (SSSR count). The minimum absolute atomic E-state index is 0.0810. The van der Waals surface area contributed by atoms with Crippen molar-refractivity contribution in [2.45, 2.75) is 18.4 Å². The van der Waals surface area contributed by atoms with Crippen LogP contribution >= 0.6 is 15.9 Å². The second-order valence-electron chi connectivity index (χ2n) is 4.66. The SMILES string of the molecule is CNC1CCOCC1c1nc(-c2ncccc2Br)no1. The van der Waals surface area contributed by atoms with Crippen molar-refractivity contribution in [2.24, 2.45) is 0 Å². The lowest BCUT2D eigenvalue weighted by molar-refractivity contribution is 0.0516. The van der Waals surface area contributed by atoms with Gasteiger partial charge in [-0.3, -0.25) is 4.98 Å². The van der Waals surface area contributed by atoms with Gasteiger partial charge in [-0.05, 0) is 41.5 Å². The van der Waals surface area contributed by atoms with Crippen LogP contribution in [0.3, 0.4) is 0 Å². The van der Waals surface area contributed by atoms with E-state index >= 15 is 0 Å². The van der Waals surface area contributed by atoms with Gasteiger partial charge in [0.1, 0.15) is 5.69 Å². The molecule has 0 amide bonds. The van der Waals surface area contributed by atoms with Gasteiger partial charge in [0.05, 0.1) is 12.5 Å². The zero-order valence-electron chi connectivity index (χ0n) is 11.0. The summed E-state index contributed by atoms with van der Waals surface area (Å²) in [7, 11) is 1.94. The van der Waals surface area contributed by atoms with E-state index < -0.39 is 0 Å². The molecule has 1 fully saturated rings. The highest BCUT2D eigenvalue weighted by Gasteiger charge is 2.31. The molecular weight excluding hydrogens is 324 g/mol. The third-order valence-electron chi connectivity index (χ3n) is 3.46. The van der Waals surface area contributed by atoms with Crippen LogP contribution in [0.5, 0.6) is 0 Å². The number of hydrogen-bond donors (Lipinski definition) is 1. The van der Waals surface area contributed by atoms with Crippen molar-refractivity contribution in [1.29, 1.82) is 0 Å². The van der Waals surface area contributed by atoms with Gasteiger partial charge in [-0.25, -0.2) is 0 Å². The third-order valence-corrected chi connectivity index (χ3v) is 4.10. The predicted molar refractivity (Wildman–Crippen MR) is 76.3 cm³/mol. The van der Waals surface area contributed by atoms with Crippen LogP contribution in [-0.4, -0.2) is 41.4 Å². The fourth-order valence-electron chi connectivity index (χ4n) is 2.36. The molecule has 2 atom stereocenters. The summed E-state index contributed by atoms with van der Waals surface area (Å²) in [6, 6.07) is 4.04. The average molecular weight is 339 g/mol. The van der Waals surface area contributed by atoms with Crippen molar-refractivity contribution in [1.82, 2.24) is 20.4 Å². The quantitative estimate of drug-likeness (QED) is 0.922. The Kier molecular flexibility index (Phi) is 4.09. The van der Waals surface area contributed by atoms with Crippen molar-refractivity contribution in [3.8, 4) is 11.5 Å². The molecule has 2 aromatic heterocycles. The molecule has 1 N–H and O–H groups in total. The van der Waals surface area contributed by atoms with E-state index in [-0.39, 0.29) is 5.92 Å². The summed E-state index contributed by atoms with van der Waals surface area (Å²) in [6.45, 7) is 1.35. The Balaban J connectivity index is 1.88. The molecule has 2 unspecified atom stereocenters. The Bertz CT molecular complexity index is 589.